The van der Waals surface area contributed by atoms with Crippen molar-refractivity contribution in [2.75, 3.05) is 5.88 Å². The van der Waals surface area contributed by atoms with E-state index in [0.29, 0.717) is 5.41 Å². The molecule has 1 rings (SSSR count). The average molecular weight is 161 g/mol. The van der Waals surface area contributed by atoms with E-state index in [1.165, 1.54) is 12.8 Å². The highest BCUT2D eigenvalue weighted by atomic mass is 35.5. The van der Waals surface area contributed by atoms with Crippen molar-refractivity contribution < 1.29 is 0 Å². The molecule has 1 aliphatic carbocycles. The van der Waals surface area contributed by atoms with Crippen molar-refractivity contribution in [3.8, 4) is 0 Å². The van der Waals surface area contributed by atoms with Crippen LogP contribution in [0.5, 0.6) is 0 Å². The maximum atomic E-state index is 5.72. The van der Waals surface area contributed by atoms with Crippen LogP contribution in [0.3, 0.4) is 0 Å². The Labute approximate surface area is 69.0 Å². The molecule has 0 N–H and O–H groups in total. The van der Waals surface area contributed by atoms with Gasteiger partial charge in [0.05, 0.1) is 0 Å². The van der Waals surface area contributed by atoms with Gasteiger partial charge in [-0.05, 0) is 30.1 Å². The second kappa shape index (κ2) is 2.73. The number of alkyl halides is 1. The van der Waals surface area contributed by atoms with Gasteiger partial charge in [-0.3, -0.25) is 0 Å². The highest BCUT2D eigenvalue weighted by Gasteiger charge is 2.38. The van der Waals surface area contributed by atoms with Crippen LogP contribution in [-0.2, 0) is 0 Å². The summed E-state index contributed by atoms with van der Waals surface area (Å²) in [5.41, 5.74) is 0.505. The van der Waals surface area contributed by atoms with E-state index < -0.39 is 0 Å². The molecule has 1 saturated carbocycles. The van der Waals surface area contributed by atoms with Crippen molar-refractivity contribution in [1.29, 1.82) is 0 Å². The van der Waals surface area contributed by atoms with E-state index in [1.54, 1.807) is 0 Å². The van der Waals surface area contributed by atoms with Crippen LogP contribution in [0, 0.1) is 17.3 Å². The minimum Gasteiger partial charge on any atom is -0.126 e. The zero-order chi connectivity index (χ0) is 7.78. The van der Waals surface area contributed by atoms with Gasteiger partial charge >= 0.3 is 0 Å². The molecule has 0 spiro atoms. The molecule has 1 aliphatic rings. The monoisotopic (exact) mass is 160 g/mol. The quantitative estimate of drug-likeness (QED) is 0.544. The van der Waals surface area contributed by atoms with E-state index in [2.05, 4.69) is 20.8 Å². The van der Waals surface area contributed by atoms with E-state index >= 15 is 0 Å². The molecule has 0 amide bonds. The van der Waals surface area contributed by atoms with E-state index in [0.717, 1.165) is 17.7 Å². The lowest BCUT2D eigenvalue weighted by Crippen LogP contribution is -2.06. The van der Waals surface area contributed by atoms with E-state index in [9.17, 15) is 0 Å². The van der Waals surface area contributed by atoms with Crippen molar-refractivity contribution in [1.82, 2.24) is 0 Å². The highest BCUT2D eigenvalue weighted by molar-refractivity contribution is 6.18. The lowest BCUT2D eigenvalue weighted by Gasteiger charge is -2.17. The number of rotatable bonds is 2. The van der Waals surface area contributed by atoms with Crippen LogP contribution in [0.2, 0.25) is 0 Å². The largest absolute Gasteiger partial charge is 0.126 e. The molecule has 0 nitrogen and oxygen atoms in total. The van der Waals surface area contributed by atoms with Crippen LogP contribution >= 0.6 is 11.6 Å². The summed E-state index contributed by atoms with van der Waals surface area (Å²) in [6.07, 6.45) is 2.73. The summed E-state index contributed by atoms with van der Waals surface area (Å²) in [6, 6.07) is 0. The Balaban J connectivity index is 2.18. The molecule has 1 fully saturated rings. The Morgan fingerprint density at radius 3 is 2.20 bits per heavy atom. The highest BCUT2D eigenvalue weighted by Crippen LogP contribution is 2.46. The fraction of sp³-hybridized carbons (Fsp3) is 1.00. The van der Waals surface area contributed by atoms with Gasteiger partial charge in [0.2, 0.25) is 0 Å². The fourth-order valence-corrected chi connectivity index (χ4v) is 1.91. The van der Waals surface area contributed by atoms with Gasteiger partial charge in [-0.25, -0.2) is 0 Å². The summed E-state index contributed by atoms with van der Waals surface area (Å²) < 4.78 is 0. The third-order valence-electron chi connectivity index (χ3n) is 2.14. The van der Waals surface area contributed by atoms with Crippen LogP contribution in [-0.4, -0.2) is 5.88 Å². The number of hydrogen-bond donors (Lipinski definition) is 0. The molecule has 0 aliphatic heterocycles. The van der Waals surface area contributed by atoms with Gasteiger partial charge in [-0.15, -0.1) is 11.6 Å². The molecule has 1 heteroatoms. The Morgan fingerprint density at radius 2 is 1.90 bits per heavy atom. The molecule has 0 aromatic heterocycles. The van der Waals surface area contributed by atoms with Gasteiger partial charge in [-0.2, -0.15) is 0 Å². The Morgan fingerprint density at radius 1 is 1.30 bits per heavy atom. The Kier molecular flexibility index (Phi) is 2.29. The average Bonchev–Trinajstić information content (AvgIpc) is 2.42. The third-order valence-corrected chi connectivity index (χ3v) is 2.54. The first-order chi connectivity index (χ1) is 4.53. The number of halogens is 1. The topological polar surface area (TPSA) is 0 Å². The molecule has 0 aromatic rings. The normalized spacial score (nSPS) is 32.4. The van der Waals surface area contributed by atoms with E-state index in [4.69, 9.17) is 11.6 Å². The van der Waals surface area contributed by atoms with Gasteiger partial charge in [0.25, 0.3) is 0 Å². The summed E-state index contributed by atoms with van der Waals surface area (Å²) in [5, 5.41) is 0. The molecule has 0 saturated heterocycles. The fourth-order valence-electron chi connectivity index (χ4n) is 1.54. The van der Waals surface area contributed by atoms with Crippen molar-refractivity contribution in [2.24, 2.45) is 17.3 Å². The van der Waals surface area contributed by atoms with Gasteiger partial charge in [-0.1, -0.05) is 20.8 Å². The van der Waals surface area contributed by atoms with Crippen molar-refractivity contribution in [3.63, 3.8) is 0 Å². The van der Waals surface area contributed by atoms with Crippen LogP contribution in [0.1, 0.15) is 33.6 Å². The molecular formula is C9H17Cl. The first-order valence-electron chi connectivity index (χ1n) is 4.09. The zero-order valence-electron chi connectivity index (χ0n) is 7.15. The molecule has 0 bridgehead atoms. The Bertz CT molecular complexity index is 112. The van der Waals surface area contributed by atoms with Crippen LogP contribution < -0.4 is 0 Å². The van der Waals surface area contributed by atoms with Crippen LogP contribution in [0.4, 0.5) is 0 Å². The molecule has 2 unspecified atom stereocenters. The molecule has 0 aromatic carbocycles. The summed E-state index contributed by atoms with van der Waals surface area (Å²) in [4.78, 5) is 0. The van der Waals surface area contributed by atoms with Gasteiger partial charge in [0, 0.05) is 5.88 Å². The van der Waals surface area contributed by atoms with Gasteiger partial charge in [0.15, 0.2) is 0 Å². The number of hydrogen-bond acceptors (Lipinski definition) is 0. The SMILES string of the molecule is CC(C)(C)CC1CC1CCl. The minimum absolute atomic E-state index is 0.505. The third kappa shape index (κ3) is 2.49. The molecule has 0 heterocycles. The van der Waals surface area contributed by atoms with Gasteiger partial charge < -0.3 is 0 Å². The van der Waals surface area contributed by atoms with Crippen molar-refractivity contribution in [2.45, 2.75) is 33.6 Å². The maximum absolute atomic E-state index is 5.72. The first kappa shape index (κ1) is 8.39. The summed E-state index contributed by atoms with van der Waals surface area (Å²) in [6.45, 7) is 6.91. The second-order valence-corrected chi connectivity index (χ2v) is 4.98. The lowest BCUT2D eigenvalue weighted by molar-refractivity contribution is 0.346. The molecule has 10 heavy (non-hydrogen) atoms. The molecule has 60 valence electrons. The summed E-state index contributed by atoms with van der Waals surface area (Å²) >= 11 is 5.72. The summed E-state index contributed by atoms with van der Waals surface area (Å²) in [7, 11) is 0. The smallest absolute Gasteiger partial charge is 0.0254 e. The van der Waals surface area contributed by atoms with Crippen molar-refractivity contribution >= 4 is 11.6 Å². The van der Waals surface area contributed by atoms with Gasteiger partial charge in [0.1, 0.15) is 0 Å². The van der Waals surface area contributed by atoms with Crippen LogP contribution in [0.25, 0.3) is 0 Å². The second-order valence-electron chi connectivity index (χ2n) is 4.67. The lowest BCUT2D eigenvalue weighted by atomic mass is 9.89. The standard InChI is InChI=1S/C9H17Cl/c1-9(2,3)5-7-4-8(7)6-10/h7-8H,4-6H2,1-3H3. The van der Waals surface area contributed by atoms with E-state index in [-0.39, 0.29) is 0 Å². The van der Waals surface area contributed by atoms with Crippen LogP contribution in [0.15, 0.2) is 0 Å². The predicted molar refractivity (Wildman–Crippen MR) is 46.4 cm³/mol. The Hall–Kier alpha value is 0.290. The van der Waals surface area contributed by atoms with E-state index in [1.807, 2.05) is 0 Å². The molecular weight excluding hydrogens is 144 g/mol. The zero-order valence-corrected chi connectivity index (χ0v) is 7.91. The predicted octanol–water partition coefficient (Wildman–Crippen LogP) is 3.30. The first-order valence-corrected chi connectivity index (χ1v) is 4.62. The maximum Gasteiger partial charge on any atom is 0.0254 e. The molecule has 0 radical (unpaired) electrons. The minimum atomic E-state index is 0.505. The molecule has 2 atom stereocenters. The summed E-state index contributed by atoms with van der Waals surface area (Å²) in [5.74, 6) is 2.67. The van der Waals surface area contributed by atoms with Crippen molar-refractivity contribution in [3.05, 3.63) is 0 Å².